The molecular formula is C16H18BrNO. The Morgan fingerprint density at radius 2 is 1.84 bits per heavy atom. The molecule has 3 heteroatoms. The van der Waals surface area contributed by atoms with Gasteiger partial charge in [-0.25, -0.2) is 0 Å². The van der Waals surface area contributed by atoms with Crippen molar-refractivity contribution in [1.82, 2.24) is 0 Å². The van der Waals surface area contributed by atoms with Crippen LogP contribution in [0.4, 0.5) is 5.69 Å². The topological polar surface area (TPSA) is 32.3 Å². The van der Waals surface area contributed by atoms with Crippen LogP contribution in [-0.2, 0) is 5.60 Å². The van der Waals surface area contributed by atoms with Gasteiger partial charge in [-0.2, -0.15) is 0 Å². The minimum absolute atomic E-state index is 0.457. The van der Waals surface area contributed by atoms with Crippen molar-refractivity contribution in [1.29, 1.82) is 0 Å². The second-order valence-corrected chi connectivity index (χ2v) is 5.83. The van der Waals surface area contributed by atoms with Crippen molar-refractivity contribution >= 4 is 21.6 Å². The number of benzene rings is 2. The summed E-state index contributed by atoms with van der Waals surface area (Å²) in [7, 11) is 0. The van der Waals surface area contributed by atoms with Crippen molar-refractivity contribution in [2.45, 2.75) is 19.4 Å². The van der Waals surface area contributed by atoms with Crippen LogP contribution in [0.1, 0.15) is 18.1 Å². The van der Waals surface area contributed by atoms with Crippen LogP contribution in [0.2, 0.25) is 0 Å². The maximum atomic E-state index is 10.5. The third-order valence-electron chi connectivity index (χ3n) is 3.14. The van der Waals surface area contributed by atoms with Gasteiger partial charge < -0.3 is 10.4 Å². The van der Waals surface area contributed by atoms with Gasteiger partial charge in [0.15, 0.2) is 0 Å². The van der Waals surface area contributed by atoms with E-state index >= 15 is 0 Å². The number of nitrogens with one attached hydrogen (secondary N) is 1. The molecule has 0 saturated heterocycles. The minimum Gasteiger partial charge on any atom is -0.384 e. The molecule has 2 aromatic carbocycles. The quantitative estimate of drug-likeness (QED) is 0.890. The second kappa shape index (κ2) is 5.76. The highest BCUT2D eigenvalue weighted by atomic mass is 79.9. The highest BCUT2D eigenvalue weighted by Gasteiger charge is 2.22. The lowest BCUT2D eigenvalue weighted by atomic mass is 9.96. The molecule has 0 bridgehead atoms. The van der Waals surface area contributed by atoms with Gasteiger partial charge in [-0.1, -0.05) is 36.4 Å². The van der Waals surface area contributed by atoms with E-state index in [0.29, 0.717) is 6.54 Å². The first-order chi connectivity index (χ1) is 8.99. The van der Waals surface area contributed by atoms with Crippen LogP contribution in [0.25, 0.3) is 0 Å². The largest absolute Gasteiger partial charge is 0.384 e. The maximum absolute atomic E-state index is 10.5. The molecule has 2 aromatic rings. The van der Waals surface area contributed by atoms with Crippen molar-refractivity contribution in [2.75, 3.05) is 11.9 Å². The lowest BCUT2D eigenvalue weighted by molar-refractivity contribution is 0.0715. The van der Waals surface area contributed by atoms with Crippen molar-refractivity contribution in [3.05, 3.63) is 64.1 Å². The molecule has 2 N–H and O–H groups in total. The molecule has 19 heavy (non-hydrogen) atoms. The molecule has 0 radical (unpaired) electrons. The minimum atomic E-state index is -0.898. The molecule has 1 atom stereocenters. The van der Waals surface area contributed by atoms with E-state index in [1.807, 2.05) is 56.3 Å². The first-order valence-electron chi connectivity index (χ1n) is 6.27. The van der Waals surface area contributed by atoms with Crippen LogP contribution < -0.4 is 5.32 Å². The van der Waals surface area contributed by atoms with Crippen molar-refractivity contribution in [2.24, 2.45) is 0 Å². The van der Waals surface area contributed by atoms with Gasteiger partial charge in [-0.3, -0.25) is 0 Å². The van der Waals surface area contributed by atoms with Crippen LogP contribution in [0, 0.1) is 6.92 Å². The van der Waals surface area contributed by atoms with E-state index < -0.39 is 5.60 Å². The van der Waals surface area contributed by atoms with E-state index in [-0.39, 0.29) is 0 Å². The van der Waals surface area contributed by atoms with Gasteiger partial charge in [0.25, 0.3) is 0 Å². The van der Waals surface area contributed by atoms with E-state index in [1.165, 1.54) is 5.56 Å². The van der Waals surface area contributed by atoms with Crippen LogP contribution >= 0.6 is 15.9 Å². The molecule has 0 amide bonds. The molecule has 2 nitrogen and oxygen atoms in total. The SMILES string of the molecule is Cc1ccc(Br)c(NCC(C)(O)c2ccccc2)c1. The molecule has 0 spiro atoms. The zero-order valence-electron chi connectivity index (χ0n) is 11.2. The summed E-state index contributed by atoms with van der Waals surface area (Å²) in [6.45, 7) is 4.32. The lowest BCUT2D eigenvalue weighted by Crippen LogP contribution is -2.30. The van der Waals surface area contributed by atoms with Crippen molar-refractivity contribution in [3.63, 3.8) is 0 Å². The maximum Gasteiger partial charge on any atom is 0.104 e. The van der Waals surface area contributed by atoms with Crippen LogP contribution in [0.3, 0.4) is 0 Å². The lowest BCUT2D eigenvalue weighted by Gasteiger charge is -2.25. The molecule has 1 unspecified atom stereocenters. The number of hydrogen-bond acceptors (Lipinski definition) is 2. The molecule has 0 heterocycles. The van der Waals surface area contributed by atoms with Gasteiger partial charge >= 0.3 is 0 Å². The summed E-state index contributed by atoms with van der Waals surface area (Å²) in [6, 6.07) is 15.8. The fourth-order valence-electron chi connectivity index (χ4n) is 1.94. The average molecular weight is 320 g/mol. The summed E-state index contributed by atoms with van der Waals surface area (Å²) in [4.78, 5) is 0. The zero-order valence-corrected chi connectivity index (χ0v) is 12.7. The Morgan fingerprint density at radius 1 is 1.16 bits per heavy atom. The fourth-order valence-corrected chi connectivity index (χ4v) is 2.33. The summed E-state index contributed by atoms with van der Waals surface area (Å²) >= 11 is 3.51. The number of rotatable bonds is 4. The Morgan fingerprint density at radius 3 is 2.53 bits per heavy atom. The average Bonchev–Trinajstić information content (AvgIpc) is 2.41. The third kappa shape index (κ3) is 3.58. The predicted octanol–water partition coefficient (Wildman–Crippen LogP) is 4.08. The van der Waals surface area contributed by atoms with E-state index in [0.717, 1.165) is 15.7 Å². The highest BCUT2D eigenvalue weighted by Crippen LogP contribution is 2.26. The van der Waals surface area contributed by atoms with Gasteiger partial charge in [-0.05, 0) is 53.0 Å². The Kier molecular flexibility index (Phi) is 4.27. The Bertz CT molecular complexity index is 552. The fraction of sp³-hybridized carbons (Fsp3) is 0.250. The predicted molar refractivity (Wildman–Crippen MR) is 83.4 cm³/mol. The van der Waals surface area contributed by atoms with E-state index in [9.17, 15) is 5.11 Å². The highest BCUT2D eigenvalue weighted by molar-refractivity contribution is 9.10. The molecular weight excluding hydrogens is 302 g/mol. The summed E-state index contributed by atoms with van der Waals surface area (Å²) in [5, 5.41) is 13.8. The normalized spacial score (nSPS) is 13.9. The Hall–Kier alpha value is -1.32. The van der Waals surface area contributed by atoms with E-state index in [2.05, 4.69) is 27.3 Å². The first kappa shape index (κ1) is 14.1. The van der Waals surface area contributed by atoms with Crippen molar-refractivity contribution < 1.29 is 5.11 Å². The molecule has 2 rings (SSSR count). The van der Waals surface area contributed by atoms with Gasteiger partial charge in [0.1, 0.15) is 5.60 Å². The molecule has 0 saturated carbocycles. The van der Waals surface area contributed by atoms with Gasteiger partial charge in [0.2, 0.25) is 0 Å². The number of halogens is 1. The summed E-state index contributed by atoms with van der Waals surface area (Å²) in [6.07, 6.45) is 0. The Labute approximate surface area is 122 Å². The number of hydrogen-bond donors (Lipinski definition) is 2. The van der Waals surface area contributed by atoms with Crippen LogP contribution in [0.5, 0.6) is 0 Å². The number of aliphatic hydroxyl groups is 1. The van der Waals surface area contributed by atoms with Gasteiger partial charge in [-0.15, -0.1) is 0 Å². The summed E-state index contributed by atoms with van der Waals surface area (Å²) < 4.78 is 1.00. The van der Waals surface area contributed by atoms with Crippen LogP contribution in [0.15, 0.2) is 53.0 Å². The zero-order chi connectivity index (χ0) is 13.9. The van der Waals surface area contributed by atoms with Gasteiger partial charge in [0.05, 0.1) is 0 Å². The summed E-state index contributed by atoms with van der Waals surface area (Å²) in [5.74, 6) is 0. The first-order valence-corrected chi connectivity index (χ1v) is 7.06. The summed E-state index contributed by atoms with van der Waals surface area (Å²) in [5.41, 5.74) is 2.19. The van der Waals surface area contributed by atoms with Gasteiger partial charge in [0, 0.05) is 16.7 Å². The second-order valence-electron chi connectivity index (χ2n) is 4.98. The number of anilines is 1. The number of aryl methyl sites for hydroxylation is 1. The van der Waals surface area contributed by atoms with Crippen molar-refractivity contribution in [3.8, 4) is 0 Å². The smallest absolute Gasteiger partial charge is 0.104 e. The van der Waals surface area contributed by atoms with Crippen LogP contribution in [-0.4, -0.2) is 11.7 Å². The van der Waals surface area contributed by atoms with E-state index in [4.69, 9.17) is 0 Å². The Balaban J connectivity index is 2.12. The van der Waals surface area contributed by atoms with E-state index in [1.54, 1.807) is 0 Å². The monoisotopic (exact) mass is 319 g/mol. The molecule has 0 aliphatic carbocycles. The molecule has 0 fully saturated rings. The molecule has 100 valence electrons. The molecule has 0 aliphatic heterocycles. The standard InChI is InChI=1S/C16H18BrNO/c1-12-8-9-14(17)15(10-12)18-11-16(2,19)13-6-4-3-5-7-13/h3-10,18-19H,11H2,1-2H3. The molecule has 0 aromatic heterocycles. The molecule has 0 aliphatic rings. The third-order valence-corrected chi connectivity index (χ3v) is 3.83.